The standard InChI is InChI=1S/C32H39ClN6O4/c1-5-10-21(33)17-24(20(3)6-2)25-15-16-39(31(41)38-25)28-11-8-7-9-12-29(40)36-26-18-22(35-32(42)43-4)13-14-23(26)27-19-34-30(28)37-27/h5,7-8,10,13-14,17-19,25,28H,6,9,11-12,15-16H2,1-4H3,(H,34,37)(H,35,42)(H,36,40)(H,38,41). The van der Waals surface area contributed by atoms with Gasteiger partial charge in [0.15, 0.2) is 0 Å². The van der Waals surface area contributed by atoms with E-state index in [-0.39, 0.29) is 30.4 Å². The fraction of sp³-hybridized carbons (Fsp3) is 0.375. The highest BCUT2D eigenvalue weighted by molar-refractivity contribution is 6.31. The van der Waals surface area contributed by atoms with Gasteiger partial charge in [-0.05, 0) is 75.5 Å². The highest BCUT2D eigenvalue weighted by atomic mass is 35.5. The van der Waals surface area contributed by atoms with Crippen molar-refractivity contribution in [3.63, 3.8) is 0 Å². The summed E-state index contributed by atoms with van der Waals surface area (Å²) < 4.78 is 4.70. The monoisotopic (exact) mass is 606 g/mol. The van der Waals surface area contributed by atoms with Gasteiger partial charge in [0, 0.05) is 29.2 Å². The molecular weight excluding hydrogens is 568 g/mol. The molecule has 2 bridgehead atoms. The van der Waals surface area contributed by atoms with Gasteiger partial charge in [-0.3, -0.25) is 10.1 Å². The number of anilines is 2. The summed E-state index contributed by atoms with van der Waals surface area (Å²) in [5.41, 5.74) is 4.57. The number of ether oxygens (including phenoxy) is 1. The van der Waals surface area contributed by atoms with Crippen LogP contribution in [0.1, 0.15) is 64.7 Å². The summed E-state index contributed by atoms with van der Waals surface area (Å²) in [7, 11) is 1.28. The van der Waals surface area contributed by atoms with Gasteiger partial charge in [-0.15, -0.1) is 0 Å². The second-order valence-electron chi connectivity index (χ2n) is 10.5. The molecule has 0 saturated carbocycles. The highest BCUT2D eigenvalue weighted by Crippen LogP contribution is 2.34. The number of aromatic nitrogens is 2. The van der Waals surface area contributed by atoms with Crippen molar-refractivity contribution in [1.29, 1.82) is 0 Å². The topological polar surface area (TPSA) is 128 Å². The first-order chi connectivity index (χ1) is 20.7. The number of rotatable bonds is 6. The van der Waals surface area contributed by atoms with E-state index in [1.807, 2.05) is 42.2 Å². The Morgan fingerprint density at radius 3 is 2.81 bits per heavy atom. The molecular formula is C32H39ClN6O4. The summed E-state index contributed by atoms with van der Waals surface area (Å²) in [6, 6.07) is 4.51. The number of carbonyl (C=O) groups is 3. The SMILES string of the molecule is CC=CC(Cl)=CC(=C(C)CC)C1CCN(C2CC=CCCC(=O)Nc3cc(NC(=O)OC)ccc3-c3cnc2[nH]3)C(=O)N1. The number of carbonyl (C=O) groups excluding carboxylic acids is 3. The number of amides is 4. The molecule has 3 heterocycles. The van der Waals surface area contributed by atoms with Gasteiger partial charge < -0.3 is 25.3 Å². The third-order valence-electron chi connectivity index (χ3n) is 7.60. The number of nitrogens with zero attached hydrogens (tertiary/aromatic N) is 2. The molecule has 1 fully saturated rings. The summed E-state index contributed by atoms with van der Waals surface area (Å²) in [4.78, 5) is 48.0. The van der Waals surface area contributed by atoms with Gasteiger partial charge in [-0.25, -0.2) is 14.6 Å². The maximum atomic E-state index is 13.6. The molecule has 1 saturated heterocycles. The van der Waals surface area contributed by atoms with E-state index in [1.165, 1.54) is 12.7 Å². The molecule has 2 aromatic rings. The molecule has 4 rings (SSSR count). The Morgan fingerprint density at radius 2 is 2.09 bits per heavy atom. The smallest absolute Gasteiger partial charge is 0.411 e. The van der Waals surface area contributed by atoms with Crippen molar-refractivity contribution in [2.75, 3.05) is 24.3 Å². The summed E-state index contributed by atoms with van der Waals surface area (Å²) >= 11 is 6.44. The van der Waals surface area contributed by atoms with E-state index in [0.29, 0.717) is 59.3 Å². The van der Waals surface area contributed by atoms with Crippen molar-refractivity contribution in [2.24, 2.45) is 0 Å². The van der Waals surface area contributed by atoms with Gasteiger partial charge in [0.2, 0.25) is 5.91 Å². The first-order valence-corrected chi connectivity index (χ1v) is 14.9. The van der Waals surface area contributed by atoms with E-state index >= 15 is 0 Å². The first-order valence-electron chi connectivity index (χ1n) is 14.5. The van der Waals surface area contributed by atoms with Crippen molar-refractivity contribution >= 4 is 41.0 Å². The lowest BCUT2D eigenvalue weighted by atomic mass is 9.94. The van der Waals surface area contributed by atoms with Crippen LogP contribution in [0.4, 0.5) is 21.0 Å². The number of hydrogen-bond acceptors (Lipinski definition) is 5. The Bertz CT molecular complexity index is 1470. The van der Waals surface area contributed by atoms with Crippen molar-refractivity contribution in [3.05, 3.63) is 76.8 Å². The number of hydrogen-bond donors (Lipinski definition) is 4. The van der Waals surface area contributed by atoms with Crippen molar-refractivity contribution in [3.8, 4) is 11.3 Å². The zero-order valence-electron chi connectivity index (χ0n) is 25.0. The van der Waals surface area contributed by atoms with Crippen molar-refractivity contribution in [1.82, 2.24) is 20.2 Å². The number of benzene rings is 1. The van der Waals surface area contributed by atoms with Gasteiger partial charge in [-0.2, -0.15) is 0 Å². The number of halogens is 1. The van der Waals surface area contributed by atoms with Gasteiger partial charge in [0.25, 0.3) is 0 Å². The van der Waals surface area contributed by atoms with Gasteiger partial charge in [0.05, 0.1) is 36.8 Å². The molecule has 1 aromatic carbocycles. The molecule has 4 amide bonds. The van der Waals surface area contributed by atoms with E-state index in [2.05, 4.69) is 39.8 Å². The molecule has 228 valence electrons. The van der Waals surface area contributed by atoms with Gasteiger partial charge >= 0.3 is 12.1 Å². The number of nitrogens with one attached hydrogen (secondary N) is 4. The quantitative estimate of drug-likeness (QED) is 0.204. The molecule has 0 radical (unpaired) electrons. The molecule has 2 atom stereocenters. The van der Waals surface area contributed by atoms with Crippen LogP contribution in [0.15, 0.2) is 71.0 Å². The van der Waals surface area contributed by atoms with Crippen LogP contribution in [0, 0.1) is 0 Å². The Hall–Kier alpha value is -4.31. The fourth-order valence-corrected chi connectivity index (χ4v) is 5.46. The number of allylic oxidation sites excluding steroid dienone is 5. The first kappa shape index (κ1) is 31.6. The lowest BCUT2D eigenvalue weighted by Gasteiger charge is -2.38. The van der Waals surface area contributed by atoms with Crippen LogP contribution in [-0.2, 0) is 9.53 Å². The van der Waals surface area contributed by atoms with Crippen LogP contribution in [0.3, 0.4) is 0 Å². The van der Waals surface area contributed by atoms with E-state index < -0.39 is 6.09 Å². The molecule has 1 aromatic heterocycles. The van der Waals surface area contributed by atoms with Gasteiger partial charge in [-0.1, -0.05) is 42.3 Å². The average Bonchev–Trinajstić information content (AvgIpc) is 3.47. The van der Waals surface area contributed by atoms with Crippen LogP contribution in [0.2, 0.25) is 0 Å². The Balaban J connectivity index is 1.64. The number of H-pyrrole nitrogens is 1. The molecule has 0 aliphatic carbocycles. The van der Waals surface area contributed by atoms with Crippen molar-refractivity contribution < 1.29 is 19.1 Å². The number of aromatic amines is 1. The van der Waals surface area contributed by atoms with Crippen LogP contribution in [-0.4, -0.2) is 52.6 Å². The molecule has 0 spiro atoms. The molecule has 4 N–H and O–H groups in total. The second-order valence-corrected chi connectivity index (χ2v) is 10.9. The number of imidazole rings is 1. The molecule has 2 aliphatic rings. The number of urea groups is 1. The van der Waals surface area contributed by atoms with E-state index in [0.717, 1.165) is 12.0 Å². The number of methoxy groups -OCH3 is 1. The maximum Gasteiger partial charge on any atom is 0.411 e. The second kappa shape index (κ2) is 14.7. The molecule has 2 unspecified atom stereocenters. The number of fused-ring (bicyclic) bond motifs is 4. The van der Waals surface area contributed by atoms with Crippen LogP contribution >= 0.6 is 11.6 Å². The Kier molecular flexibility index (Phi) is 10.8. The minimum atomic E-state index is -0.612. The lowest BCUT2D eigenvalue weighted by Crippen LogP contribution is -2.53. The average molecular weight is 607 g/mol. The predicted molar refractivity (Wildman–Crippen MR) is 170 cm³/mol. The van der Waals surface area contributed by atoms with E-state index in [1.54, 1.807) is 24.4 Å². The van der Waals surface area contributed by atoms with Crippen LogP contribution in [0.5, 0.6) is 0 Å². The van der Waals surface area contributed by atoms with Crippen molar-refractivity contribution in [2.45, 2.75) is 65.0 Å². The summed E-state index contributed by atoms with van der Waals surface area (Å²) in [5.74, 6) is 0.478. The van der Waals surface area contributed by atoms with E-state index in [9.17, 15) is 14.4 Å². The molecule has 2 aliphatic heterocycles. The molecule has 10 nitrogen and oxygen atoms in total. The third kappa shape index (κ3) is 7.95. The predicted octanol–water partition coefficient (Wildman–Crippen LogP) is 7.18. The molecule has 43 heavy (non-hydrogen) atoms. The zero-order valence-corrected chi connectivity index (χ0v) is 25.8. The lowest BCUT2D eigenvalue weighted by molar-refractivity contribution is -0.116. The summed E-state index contributed by atoms with van der Waals surface area (Å²) in [6.07, 6.45) is 13.6. The summed E-state index contributed by atoms with van der Waals surface area (Å²) in [5, 5.41) is 9.41. The fourth-order valence-electron chi connectivity index (χ4n) is 5.21. The van der Waals surface area contributed by atoms with Crippen LogP contribution < -0.4 is 16.0 Å². The normalized spacial score (nSPS) is 20.2. The van der Waals surface area contributed by atoms with Crippen LogP contribution in [0.25, 0.3) is 11.3 Å². The van der Waals surface area contributed by atoms with E-state index in [4.69, 9.17) is 16.3 Å². The third-order valence-corrected chi connectivity index (χ3v) is 7.84. The zero-order chi connectivity index (χ0) is 30.9. The Labute approximate surface area is 257 Å². The maximum absolute atomic E-state index is 13.6. The minimum Gasteiger partial charge on any atom is -0.453 e. The molecule has 11 heteroatoms. The minimum absolute atomic E-state index is 0.156. The summed E-state index contributed by atoms with van der Waals surface area (Å²) in [6.45, 7) is 6.61. The van der Waals surface area contributed by atoms with Gasteiger partial charge in [0.1, 0.15) is 5.82 Å². The largest absolute Gasteiger partial charge is 0.453 e. The Morgan fingerprint density at radius 1 is 1.28 bits per heavy atom. The highest BCUT2D eigenvalue weighted by Gasteiger charge is 2.33.